The molecular formula is C14H17NO3. The Morgan fingerprint density at radius 2 is 2.22 bits per heavy atom. The Kier molecular flexibility index (Phi) is 2.29. The molecule has 2 bridgehead atoms. The molecule has 18 heavy (non-hydrogen) atoms. The molecule has 4 rings (SSSR count). The summed E-state index contributed by atoms with van der Waals surface area (Å²) in [6, 6.07) is 6.04. The quantitative estimate of drug-likeness (QED) is 0.835. The van der Waals surface area contributed by atoms with Crippen LogP contribution in [0.4, 0.5) is 0 Å². The summed E-state index contributed by atoms with van der Waals surface area (Å²) in [6.07, 6.45) is 4.37. The van der Waals surface area contributed by atoms with Crippen LogP contribution in [0.5, 0.6) is 11.5 Å². The molecule has 3 aliphatic heterocycles. The molecular weight excluding hydrogens is 230 g/mol. The van der Waals surface area contributed by atoms with Gasteiger partial charge in [-0.25, -0.2) is 0 Å². The highest BCUT2D eigenvalue weighted by molar-refractivity contribution is 5.44. The minimum Gasteiger partial charge on any atom is -0.508 e. The van der Waals surface area contributed by atoms with Crippen molar-refractivity contribution in [3.05, 3.63) is 23.8 Å². The standard InChI is InChI=1S/C14H17NO3/c16-8-1-3-10-12(7-17-14(10)5-8)15-11-6-9-2-4-13(11)18-9/h1,3,5,9,11-13,15-16H,2,4,6-7H2. The Labute approximate surface area is 106 Å². The number of phenols is 1. The Morgan fingerprint density at radius 1 is 1.28 bits per heavy atom. The second kappa shape index (κ2) is 3.87. The van der Waals surface area contributed by atoms with Gasteiger partial charge in [0.15, 0.2) is 0 Å². The van der Waals surface area contributed by atoms with Crippen LogP contribution in [0.25, 0.3) is 0 Å². The van der Waals surface area contributed by atoms with E-state index in [1.807, 2.05) is 6.07 Å². The van der Waals surface area contributed by atoms with Crippen molar-refractivity contribution < 1.29 is 14.6 Å². The van der Waals surface area contributed by atoms with Crippen LogP contribution in [0.1, 0.15) is 30.9 Å². The van der Waals surface area contributed by atoms with Crippen LogP contribution in [0.15, 0.2) is 18.2 Å². The summed E-state index contributed by atoms with van der Waals surface area (Å²) < 4.78 is 11.5. The molecule has 3 heterocycles. The fraction of sp³-hybridized carbons (Fsp3) is 0.571. The monoisotopic (exact) mass is 247 g/mol. The number of hydrogen-bond acceptors (Lipinski definition) is 4. The average Bonchev–Trinajstić information content (AvgIpc) is 3.04. The molecule has 0 aromatic heterocycles. The molecule has 0 saturated carbocycles. The van der Waals surface area contributed by atoms with E-state index in [2.05, 4.69) is 5.32 Å². The average molecular weight is 247 g/mol. The third-order valence-electron chi connectivity index (χ3n) is 4.30. The maximum Gasteiger partial charge on any atom is 0.127 e. The van der Waals surface area contributed by atoms with E-state index in [1.54, 1.807) is 12.1 Å². The molecule has 0 aliphatic carbocycles. The molecule has 0 spiro atoms. The van der Waals surface area contributed by atoms with E-state index in [4.69, 9.17) is 9.47 Å². The first-order chi connectivity index (χ1) is 8.79. The molecule has 4 heteroatoms. The maximum absolute atomic E-state index is 9.43. The lowest BCUT2D eigenvalue weighted by atomic mass is 9.94. The van der Waals surface area contributed by atoms with Gasteiger partial charge in [0.25, 0.3) is 0 Å². The smallest absolute Gasteiger partial charge is 0.127 e. The van der Waals surface area contributed by atoms with Gasteiger partial charge < -0.3 is 19.9 Å². The normalized spacial score (nSPS) is 36.7. The highest BCUT2D eigenvalue weighted by atomic mass is 16.5. The van der Waals surface area contributed by atoms with Crippen molar-refractivity contribution in [3.63, 3.8) is 0 Å². The van der Waals surface area contributed by atoms with Gasteiger partial charge in [0.05, 0.1) is 18.2 Å². The van der Waals surface area contributed by atoms with Crippen LogP contribution in [-0.4, -0.2) is 30.0 Å². The zero-order chi connectivity index (χ0) is 12.1. The van der Waals surface area contributed by atoms with Crippen molar-refractivity contribution in [2.45, 2.75) is 43.6 Å². The summed E-state index contributed by atoms with van der Waals surface area (Å²) in [7, 11) is 0. The zero-order valence-electron chi connectivity index (χ0n) is 10.1. The first kappa shape index (κ1) is 10.6. The fourth-order valence-corrected chi connectivity index (χ4v) is 3.41. The second-order valence-electron chi connectivity index (χ2n) is 5.47. The van der Waals surface area contributed by atoms with Crippen molar-refractivity contribution >= 4 is 0 Å². The number of hydrogen-bond donors (Lipinski definition) is 2. The van der Waals surface area contributed by atoms with Gasteiger partial charge in [0.2, 0.25) is 0 Å². The van der Waals surface area contributed by atoms with Crippen molar-refractivity contribution in [2.75, 3.05) is 6.61 Å². The van der Waals surface area contributed by atoms with Crippen LogP contribution in [0, 0.1) is 0 Å². The van der Waals surface area contributed by atoms with Crippen LogP contribution in [-0.2, 0) is 4.74 Å². The summed E-state index contributed by atoms with van der Waals surface area (Å²) in [5.41, 5.74) is 1.15. The number of aromatic hydroxyl groups is 1. The third kappa shape index (κ3) is 1.60. The number of fused-ring (bicyclic) bond motifs is 3. The number of ether oxygens (including phenoxy) is 2. The molecule has 2 saturated heterocycles. The Hall–Kier alpha value is -1.26. The van der Waals surface area contributed by atoms with Crippen molar-refractivity contribution in [3.8, 4) is 11.5 Å². The van der Waals surface area contributed by atoms with Gasteiger partial charge in [-0.15, -0.1) is 0 Å². The SMILES string of the molecule is Oc1ccc2c(c1)OCC2NC1CC2CCC1O2. The zero-order valence-corrected chi connectivity index (χ0v) is 10.1. The van der Waals surface area contributed by atoms with Gasteiger partial charge in [-0.05, 0) is 31.4 Å². The van der Waals surface area contributed by atoms with E-state index in [1.165, 1.54) is 12.8 Å². The Balaban J connectivity index is 1.51. The van der Waals surface area contributed by atoms with E-state index >= 15 is 0 Å². The predicted molar refractivity (Wildman–Crippen MR) is 65.8 cm³/mol. The Bertz CT molecular complexity index is 476. The summed E-state index contributed by atoms with van der Waals surface area (Å²) in [4.78, 5) is 0. The van der Waals surface area contributed by atoms with Crippen molar-refractivity contribution in [2.24, 2.45) is 0 Å². The molecule has 1 aromatic carbocycles. The molecule has 4 unspecified atom stereocenters. The highest BCUT2D eigenvalue weighted by Gasteiger charge is 2.42. The largest absolute Gasteiger partial charge is 0.508 e. The molecule has 0 radical (unpaired) electrons. The second-order valence-corrected chi connectivity index (χ2v) is 5.47. The van der Waals surface area contributed by atoms with E-state index in [0.29, 0.717) is 24.9 Å². The molecule has 4 nitrogen and oxygen atoms in total. The number of rotatable bonds is 2. The van der Waals surface area contributed by atoms with Gasteiger partial charge in [0, 0.05) is 17.7 Å². The third-order valence-corrected chi connectivity index (χ3v) is 4.30. The first-order valence-electron chi connectivity index (χ1n) is 6.67. The molecule has 96 valence electrons. The highest BCUT2D eigenvalue weighted by Crippen LogP contribution is 2.39. The van der Waals surface area contributed by atoms with Gasteiger partial charge >= 0.3 is 0 Å². The van der Waals surface area contributed by atoms with E-state index in [-0.39, 0.29) is 11.8 Å². The minimum absolute atomic E-state index is 0.230. The number of phenolic OH excluding ortho intramolecular Hbond substituents is 1. The van der Waals surface area contributed by atoms with Gasteiger partial charge in [-0.2, -0.15) is 0 Å². The Morgan fingerprint density at radius 3 is 3.00 bits per heavy atom. The van der Waals surface area contributed by atoms with Crippen molar-refractivity contribution in [1.82, 2.24) is 5.32 Å². The van der Waals surface area contributed by atoms with Crippen molar-refractivity contribution in [1.29, 1.82) is 0 Å². The lowest BCUT2D eigenvalue weighted by Crippen LogP contribution is -2.40. The van der Waals surface area contributed by atoms with Crippen LogP contribution < -0.4 is 10.1 Å². The van der Waals surface area contributed by atoms with Crippen LogP contribution in [0.2, 0.25) is 0 Å². The summed E-state index contributed by atoms with van der Waals surface area (Å²) >= 11 is 0. The molecule has 2 fully saturated rings. The number of benzene rings is 1. The summed E-state index contributed by atoms with van der Waals surface area (Å²) in [5, 5.41) is 13.1. The summed E-state index contributed by atoms with van der Waals surface area (Å²) in [6.45, 7) is 0.646. The first-order valence-corrected chi connectivity index (χ1v) is 6.67. The molecule has 4 atom stereocenters. The molecule has 1 aromatic rings. The van der Waals surface area contributed by atoms with Gasteiger partial charge in [-0.1, -0.05) is 0 Å². The van der Waals surface area contributed by atoms with Gasteiger partial charge in [0.1, 0.15) is 18.1 Å². The van der Waals surface area contributed by atoms with Crippen LogP contribution in [0.3, 0.4) is 0 Å². The number of nitrogens with one attached hydrogen (secondary N) is 1. The molecule has 0 amide bonds. The van der Waals surface area contributed by atoms with E-state index in [0.717, 1.165) is 17.7 Å². The van der Waals surface area contributed by atoms with Crippen LogP contribution >= 0.6 is 0 Å². The molecule has 2 N–H and O–H groups in total. The topological polar surface area (TPSA) is 50.7 Å². The lowest BCUT2D eigenvalue weighted by Gasteiger charge is -2.23. The minimum atomic E-state index is 0.230. The predicted octanol–water partition coefficient (Wildman–Crippen LogP) is 1.74. The van der Waals surface area contributed by atoms with Gasteiger partial charge in [-0.3, -0.25) is 0 Å². The van der Waals surface area contributed by atoms with E-state index in [9.17, 15) is 5.11 Å². The fourth-order valence-electron chi connectivity index (χ4n) is 3.41. The molecule has 3 aliphatic rings. The van der Waals surface area contributed by atoms with E-state index < -0.39 is 0 Å². The summed E-state index contributed by atoms with van der Waals surface area (Å²) in [5.74, 6) is 1.06. The maximum atomic E-state index is 9.43. The lowest BCUT2D eigenvalue weighted by molar-refractivity contribution is 0.0954.